The molecule has 0 spiro atoms. The largest absolute Gasteiger partial charge is 0.495 e. The third-order valence-electron chi connectivity index (χ3n) is 2.28. The summed E-state index contributed by atoms with van der Waals surface area (Å²) in [5, 5.41) is 5.12. The molecule has 5 nitrogen and oxygen atoms in total. The van der Waals surface area contributed by atoms with E-state index in [4.69, 9.17) is 14.6 Å². The summed E-state index contributed by atoms with van der Waals surface area (Å²) in [6.45, 7) is 0.477. The van der Waals surface area contributed by atoms with E-state index in [1.807, 2.05) is 0 Å². The van der Waals surface area contributed by atoms with E-state index in [2.05, 4.69) is 0 Å². The van der Waals surface area contributed by atoms with Gasteiger partial charge in [0.2, 0.25) is 10.0 Å². The minimum Gasteiger partial charge on any atom is -0.495 e. The maximum atomic E-state index is 11.4. The second kappa shape index (κ2) is 3.39. The average molecular weight is 229 g/mol. The summed E-state index contributed by atoms with van der Waals surface area (Å²) in [6, 6.07) is 3.38. The van der Waals surface area contributed by atoms with Crippen LogP contribution in [0.1, 0.15) is 5.56 Å². The molecular weight excluding hydrogens is 218 g/mol. The Morgan fingerprint density at radius 2 is 2.20 bits per heavy atom. The molecule has 15 heavy (non-hydrogen) atoms. The third kappa shape index (κ3) is 1.66. The lowest BCUT2D eigenvalue weighted by Crippen LogP contribution is -2.14. The van der Waals surface area contributed by atoms with Crippen LogP contribution in [0.3, 0.4) is 0 Å². The van der Waals surface area contributed by atoms with Crippen molar-refractivity contribution in [1.82, 2.24) is 0 Å². The Bertz CT molecular complexity index is 495. The van der Waals surface area contributed by atoms with Crippen LogP contribution in [-0.4, -0.2) is 22.1 Å². The molecule has 2 N–H and O–H groups in total. The number of hydrogen-bond donors (Lipinski definition) is 1. The number of ether oxygens (including phenoxy) is 2. The van der Waals surface area contributed by atoms with E-state index >= 15 is 0 Å². The maximum Gasteiger partial charge on any atom is 0.245 e. The lowest BCUT2D eigenvalue weighted by molar-refractivity contribution is 0.340. The first-order chi connectivity index (χ1) is 7.04. The standard InChI is InChI=1S/C9H11NO4S/c1-13-7-3-2-6-4-5-14-8(6)9(7)15(10,11)12/h2-3H,4-5H2,1H3,(H2,10,11,12). The Balaban J connectivity index is 2.74. The Morgan fingerprint density at radius 1 is 1.47 bits per heavy atom. The molecule has 0 bridgehead atoms. The van der Waals surface area contributed by atoms with Crippen LogP contribution in [-0.2, 0) is 16.4 Å². The zero-order valence-electron chi connectivity index (χ0n) is 8.19. The molecule has 0 saturated carbocycles. The predicted molar refractivity (Wildman–Crippen MR) is 53.6 cm³/mol. The number of sulfonamides is 1. The molecule has 1 aliphatic rings. The van der Waals surface area contributed by atoms with Gasteiger partial charge >= 0.3 is 0 Å². The lowest BCUT2D eigenvalue weighted by Gasteiger charge is -2.10. The van der Waals surface area contributed by atoms with Gasteiger partial charge in [0, 0.05) is 6.42 Å². The number of benzene rings is 1. The van der Waals surface area contributed by atoms with Crippen LogP contribution in [0.5, 0.6) is 11.5 Å². The molecule has 2 rings (SSSR count). The molecule has 82 valence electrons. The van der Waals surface area contributed by atoms with Crippen LogP contribution in [0.15, 0.2) is 17.0 Å². The van der Waals surface area contributed by atoms with Gasteiger partial charge in [0.1, 0.15) is 11.5 Å². The fourth-order valence-corrected chi connectivity index (χ4v) is 2.51. The van der Waals surface area contributed by atoms with E-state index in [-0.39, 0.29) is 10.6 Å². The third-order valence-corrected chi connectivity index (χ3v) is 3.24. The molecule has 0 unspecified atom stereocenters. The Hall–Kier alpha value is -1.27. The lowest BCUT2D eigenvalue weighted by atomic mass is 10.2. The van der Waals surface area contributed by atoms with Crippen molar-refractivity contribution in [2.75, 3.05) is 13.7 Å². The number of nitrogens with two attached hydrogens (primary N) is 1. The molecule has 1 aliphatic heterocycles. The van der Waals surface area contributed by atoms with Gasteiger partial charge in [0.25, 0.3) is 0 Å². The molecule has 0 aliphatic carbocycles. The van der Waals surface area contributed by atoms with Gasteiger partial charge in [0.05, 0.1) is 13.7 Å². The highest BCUT2D eigenvalue weighted by molar-refractivity contribution is 7.89. The summed E-state index contributed by atoms with van der Waals surface area (Å²) in [4.78, 5) is -0.0556. The smallest absolute Gasteiger partial charge is 0.245 e. The van der Waals surface area contributed by atoms with Crippen LogP contribution in [0.2, 0.25) is 0 Å². The van der Waals surface area contributed by atoms with Crippen molar-refractivity contribution in [3.63, 3.8) is 0 Å². The summed E-state index contributed by atoms with van der Waals surface area (Å²) in [5.74, 6) is 0.551. The zero-order valence-corrected chi connectivity index (χ0v) is 9.00. The van der Waals surface area contributed by atoms with E-state index in [1.54, 1.807) is 12.1 Å². The molecule has 0 atom stereocenters. The normalized spacial score (nSPS) is 14.5. The van der Waals surface area contributed by atoms with E-state index in [1.165, 1.54) is 7.11 Å². The fraction of sp³-hybridized carbons (Fsp3) is 0.333. The van der Waals surface area contributed by atoms with Crippen molar-refractivity contribution >= 4 is 10.0 Å². The first kappa shape index (κ1) is 10.3. The molecule has 1 aromatic rings. The molecule has 1 aromatic carbocycles. The highest BCUT2D eigenvalue weighted by Crippen LogP contribution is 2.38. The van der Waals surface area contributed by atoms with Crippen LogP contribution in [0.25, 0.3) is 0 Å². The van der Waals surface area contributed by atoms with Crippen molar-refractivity contribution < 1.29 is 17.9 Å². The van der Waals surface area contributed by atoms with Crippen molar-refractivity contribution in [2.24, 2.45) is 5.14 Å². The molecule has 1 heterocycles. The van der Waals surface area contributed by atoms with Crippen molar-refractivity contribution in [2.45, 2.75) is 11.3 Å². The number of fused-ring (bicyclic) bond motifs is 1. The van der Waals surface area contributed by atoms with Gasteiger partial charge in [0.15, 0.2) is 4.90 Å². The quantitative estimate of drug-likeness (QED) is 0.790. The topological polar surface area (TPSA) is 78.6 Å². The highest BCUT2D eigenvalue weighted by atomic mass is 32.2. The van der Waals surface area contributed by atoms with Gasteiger partial charge in [-0.3, -0.25) is 0 Å². The van der Waals surface area contributed by atoms with Gasteiger partial charge in [-0.1, -0.05) is 6.07 Å². The van der Waals surface area contributed by atoms with Gasteiger partial charge in [-0.05, 0) is 11.6 Å². The summed E-state index contributed by atoms with van der Waals surface area (Å²) in [5.41, 5.74) is 0.847. The van der Waals surface area contributed by atoms with Crippen LogP contribution < -0.4 is 14.6 Å². The number of rotatable bonds is 2. The second-order valence-electron chi connectivity index (χ2n) is 3.23. The Labute approximate surface area is 87.8 Å². The minimum atomic E-state index is -3.82. The molecule has 0 radical (unpaired) electrons. The van der Waals surface area contributed by atoms with Crippen molar-refractivity contribution in [1.29, 1.82) is 0 Å². The molecule has 6 heteroatoms. The van der Waals surface area contributed by atoms with Gasteiger partial charge in [-0.25, -0.2) is 13.6 Å². The van der Waals surface area contributed by atoms with E-state index < -0.39 is 10.0 Å². The molecule has 0 amide bonds. The van der Waals surface area contributed by atoms with Crippen molar-refractivity contribution in [3.8, 4) is 11.5 Å². The summed E-state index contributed by atoms with van der Waals surface area (Å²) in [6.07, 6.45) is 0.696. The maximum absolute atomic E-state index is 11.4. The summed E-state index contributed by atoms with van der Waals surface area (Å²) < 4.78 is 33.0. The SMILES string of the molecule is COc1ccc2c(c1S(N)(=O)=O)OCC2. The summed E-state index contributed by atoms with van der Waals surface area (Å²) >= 11 is 0. The fourth-order valence-electron chi connectivity index (χ4n) is 1.63. The highest BCUT2D eigenvalue weighted by Gasteiger charge is 2.27. The van der Waals surface area contributed by atoms with Gasteiger partial charge < -0.3 is 9.47 Å². The van der Waals surface area contributed by atoms with E-state index in [0.29, 0.717) is 18.8 Å². The first-order valence-electron chi connectivity index (χ1n) is 4.39. The average Bonchev–Trinajstić information content (AvgIpc) is 2.61. The predicted octanol–water partition coefficient (Wildman–Crippen LogP) is 0.277. The van der Waals surface area contributed by atoms with Crippen LogP contribution in [0, 0.1) is 0 Å². The number of hydrogen-bond acceptors (Lipinski definition) is 4. The van der Waals surface area contributed by atoms with E-state index in [9.17, 15) is 8.42 Å². The molecular formula is C9H11NO4S. The monoisotopic (exact) mass is 229 g/mol. The minimum absolute atomic E-state index is 0.0556. The molecule has 0 saturated heterocycles. The molecule has 0 fully saturated rings. The first-order valence-corrected chi connectivity index (χ1v) is 5.94. The second-order valence-corrected chi connectivity index (χ2v) is 4.73. The zero-order chi connectivity index (χ0) is 11.1. The number of primary sulfonamides is 1. The molecule has 0 aromatic heterocycles. The van der Waals surface area contributed by atoms with Gasteiger partial charge in [-0.2, -0.15) is 0 Å². The number of methoxy groups -OCH3 is 1. The van der Waals surface area contributed by atoms with Crippen molar-refractivity contribution in [3.05, 3.63) is 17.7 Å². The van der Waals surface area contributed by atoms with Crippen LogP contribution in [0.4, 0.5) is 0 Å². The van der Waals surface area contributed by atoms with Crippen LogP contribution >= 0.6 is 0 Å². The Morgan fingerprint density at radius 3 is 2.80 bits per heavy atom. The summed E-state index contributed by atoms with van der Waals surface area (Å²) in [7, 11) is -2.43. The van der Waals surface area contributed by atoms with Gasteiger partial charge in [-0.15, -0.1) is 0 Å². The van der Waals surface area contributed by atoms with E-state index in [0.717, 1.165) is 5.56 Å². The Kier molecular flexibility index (Phi) is 2.32.